The number of nitrogens with zero attached hydrogens (tertiary/aromatic N) is 1. The third kappa shape index (κ3) is 3.09. The molecule has 1 saturated heterocycles. The van der Waals surface area contributed by atoms with E-state index in [1.165, 1.54) is 0 Å². The van der Waals surface area contributed by atoms with E-state index in [1.54, 1.807) is 0 Å². The van der Waals surface area contributed by atoms with Crippen molar-refractivity contribution in [1.82, 2.24) is 4.90 Å². The van der Waals surface area contributed by atoms with Crippen molar-refractivity contribution in [1.29, 1.82) is 0 Å². The fraction of sp³-hybridized carbons (Fsp3) is 0.889. The van der Waals surface area contributed by atoms with E-state index in [-0.39, 0.29) is 25.0 Å². The summed E-state index contributed by atoms with van der Waals surface area (Å²) in [5.41, 5.74) is 5.65. The number of halogens is 3. The first-order valence-electron chi connectivity index (χ1n) is 4.94. The standard InChI is InChI=1S/C9H15F3N2O/c1-6(13)7-2-4-14(5-3-7)8(15)9(10,11)12/h6-7H,2-5,13H2,1H3. The van der Waals surface area contributed by atoms with Crippen LogP contribution in [0.3, 0.4) is 0 Å². The van der Waals surface area contributed by atoms with Crippen LogP contribution >= 0.6 is 0 Å². The highest BCUT2D eigenvalue weighted by atomic mass is 19.4. The lowest BCUT2D eigenvalue weighted by molar-refractivity contribution is -0.186. The molecule has 3 nitrogen and oxygen atoms in total. The van der Waals surface area contributed by atoms with Crippen LogP contribution in [0.2, 0.25) is 0 Å². The second-order valence-electron chi connectivity index (χ2n) is 3.99. The lowest BCUT2D eigenvalue weighted by Gasteiger charge is -2.33. The van der Waals surface area contributed by atoms with Gasteiger partial charge in [0.05, 0.1) is 0 Å². The van der Waals surface area contributed by atoms with E-state index in [0.717, 1.165) is 4.90 Å². The zero-order chi connectivity index (χ0) is 11.6. The maximum absolute atomic E-state index is 12.1. The molecule has 1 unspecified atom stereocenters. The zero-order valence-corrected chi connectivity index (χ0v) is 8.55. The summed E-state index contributed by atoms with van der Waals surface area (Å²) in [4.78, 5) is 11.7. The number of hydrogen-bond donors (Lipinski definition) is 1. The molecule has 0 aromatic carbocycles. The minimum Gasteiger partial charge on any atom is -0.335 e. The smallest absolute Gasteiger partial charge is 0.335 e. The Bertz CT molecular complexity index is 232. The first-order valence-corrected chi connectivity index (χ1v) is 4.94. The average Bonchev–Trinajstić information content (AvgIpc) is 2.15. The van der Waals surface area contributed by atoms with Gasteiger partial charge in [0.25, 0.3) is 0 Å². The Hall–Kier alpha value is -0.780. The van der Waals surface area contributed by atoms with Crippen molar-refractivity contribution in [2.24, 2.45) is 11.7 Å². The Morgan fingerprint density at radius 2 is 1.87 bits per heavy atom. The molecular formula is C9H15F3N2O. The summed E-state index contributed by atoms with van der Waals surface area (Å²) in [6, 6.07) is -0.0202. The summed E-state index contributed by atoms with van der Waals surface area (Å²) in [5.74, 6) is -1.51. The third-order valence-electron chi connectivity index (χ3n) is 2.81. The molecule has 1 rings (SSSR count). The topological polar surface area (TPSA) is 46.3 Å². The monoisotopic (exact) mass is 224 g/mol. The molecule has 0 aliphatic carbocycles. The van der Waals surface area contributed by atoms with Crippen LogP contribution < -0.4 is 5.73 Å². The van der Waals surface area contributed by atoms with Gasteiger partial charge in [-0.05, 0) is 25.7 Å². The summed E-state index contributed by atoms with van der Waals surface area (Å²) < 4.78 is 36.2. The van der Waals surface area contributed by atoms with Crippen LogP contribution in [0.15, 0.2) is 0 Å². The van der Waals surface area contributed by atoms with E-state index in [4.69, 9.17) is 5.73 Å². The maximum atomic E-state index is 12.1. The van der Waals surface area contributed by atoms with Crippen molar-refractivity contribution in [3.63, 3.8) is 0 Å². The van der Waals surface area contributed by atoms with Crippen LogP contribution in [0.4, 0.5) is 13.2 Å². The fourth-order valence-corrected chi connectivity index (χ4v) is 1.81. The van der Waals surface area contributed by atoms with E-state index in [0.29, 0.717) is 12.8 Å². The van der Waals surface area contributed by atoms with Gasteiger partial charge < -0.3 is 10.6 Å². The van der Waals surface area contributed by atoms with Crippen LogP contribution in [-0.4, -0.2) is 36.1 Å². The normalized spacial score (nSPS) is 21.5. The summed E-state index contributed by atoms with van der Waals surface area (Å²) in [6.07, 6.45) is -3.64. The first-order chi connectivity index (χ1) is 6.82. The van der Waals surface area contributed by atoms with Crippen molar-refractivity contribution in [3.8, 4) is 0 Å². The highest BCUT2D eigenvalue weighted by molar-refractivity contribution is 5.81. The maximum Gasteiger partial charge on any atom is 0.471 e. The van der Waals surface area contributed by atoms with E-state index >= 15 is 0 Å². The number of piperidine rings is 1. The molecule has 6 heteroatoms. The molecule has 2 N–H and O–H groups in total. The van der Waals surface area contributed by atoms with E-state index in [2.05, 4.69) is 0 Å². The van der Waals surface area contributed by atoms with Crippen molar-refractivity contribution < 1.29 is 18.0 Å². The molecule has 15 heavy (non-hydrogen) atoms. The number of hydrogen-bond acceptors (Lipinski definition) is 2. The van der Waals surface area contributed by atoms with Gasteiger partial charge in [0, 0.05) is 19.1 Å². The summed E-state index contributed by atoms with van der Waals surface area (Å²) in [7, 11) is 0. The molecule has 0 spiro atoms. The number of carbonyl (C=O) groups excluding carboxylic acids is 1. The molecule has 0 aromatic rings. The molecule has 0 saturated carbocycles. The third-order valence-corrected chi connectivity index (χ3v) is 2.81. The number of likely N-dealkylation sites (tertiary alicyclic amines) is 1. The van der Waals surface area contributed by atoms with E-state index < -0.39 is 12.1 Å². The number of rotatable bonds is 1. The van der Waals surface area contributed by atoms with E-state index in [9.17, 15) is 18.0 Å². The SMILES string of the molecule is CC(N)C1CCN(C(=O)C(F)(F)F)CC1. The van der Waals surface area contributed by atoms with Gasteiger partial charge in [0.15, 0.2) is 0 Å². The molecule has 1 fully saturated rings. The molecule has 1 amide bonds. The highest BCUT2D eigenvalue weighted by Crippen LogP contribution is 2.24. The van der Waals surface area contributed by atoms with Gasteiger partial charge in [-0.3, -0.25) is 4.79 Å². The lowest BCUT2D eigenvalue weighted by atomic mass is 9.91. The number of carbonyl (C=O) groups is 1. The van der Waals surface area contributed by atoms with Crippen LogP contribution in [0.25, 0.3) is 0 Å². The highest BCUT2D eigenvalue weighted by Gasteiger charge is 2.43. The van der Waals surface area contributed by atoms with Gasteiger partial charge >= 0.3 is 12.1 Å². The summed E-state index contributed by atoms with van der Waals surface area (Å²) >= 11 is 0. The molecule has 1 aliphatic heterocycles. The molecule has 0 aromatic heterocycles. The van der Waals surface area contributed by atoms with Crippen molar-refractivity contribution in [2.75, 3.05) is 13.1 Å². The van der Waals surface area contributed by atoms with Crippen molar-refractivity contribution in [3.05, 3.63) is 0 Å². The number of alkyl halides is 3. The van der Waals surface area contributed by atoms with Gasteiger partial charge in [-0.15, -0.1) is 0 Å². The first kappa shape index (κ1) is 12.3. The second-order valence-corrected chi connectivity index (χ2v) is 3.99. The lowest BCUT2D eigenvalue weighted by Crippen LogP contribution is -2.47. The Labute approximate surface area is 86.4 Å². The Kier molecular flexibility index (Phi) is 3.59. The molecule has 0 bridgehead atoms. The predicted octanol–water partition coefficient (Wildman–Crippen LogP) is 1.13. The van der Waals surface area contributed by atoms with Crippen LogP contribution in [0, 0.1) is 5.92 Å². The summed E-state index contributed by atoms with van der Waals surface area (Å²) in [5, 5.41) is 0. The van der Waals surface area contributed by atoms with Gasteiger partial charge in [-0.1, -0.05) is 0 Å². The van der Waals surface area contributed by atoms with Crippen molar-refractivity contribution >= 4 is 5.91 Å². The van der Waals surface area contributed by atoms with Gasteiger partial charge in [0.1, 0.15) is 0 Å². The summed E-state index contributed by atoms with van der Waals surface area (Å²) in [6.45, 7) is 2.15. The Morgan fingerprint density at radius 1 is 1.40 bits per heavy atom. The van der Waals surface area contributed by atoms with Gasteiger partial charge in [-0.25, -0.2) is 0 Å². The molecule has 88 valence electrons. The molecule has 1 aliphatic rings. The average molecular weight is 224 g/mol. The van der Waals surface area contributed by atoms with Crippen LogP contribution in [0.1, 0.15) is 19.8 Å². The van der Waals surface area contributed by atoms with Gasteiger partial charge in [0.2, 0.25) is 0 Å². The second kappa shape index (κ2) is 4.38. The zero-order valence-electron chi connectivity index (χ0n) is 8.55. The fourth-order valence-electron chi connectivity index (χ4n) is 1.81. The largest absolute Gasteiger partial charge is 0.471 e. The van der Waals surface area contributed by atoms with E-state index in [1.807, 2.05) is 6.92 Å². The predicted molar refractivity (Wildman–Crippen MR) is 49.0 cm³/mol. The van der Waals surface area contributed by atoms with Gasteiger partial charge in [-0.2, -0.15) is 13.2 Å². The molecular weight excluding hydrogens is 209 g/mol. The minimum absolute atomic E-state index is 0.0202. The van der Waals surface area contributed by atoms with Crippen molar-refractivity contribution in [2.45, 2.75) is 32.0 Å². The Morgan fingerprint density at radius 3 is 2.20 bits per heavy atom. The number of nitrogens with two attached hydrogens (primary N) is 1. The quantitative estimate of drug-likeness (QED) is 0.725. The molecule has 1 heterocycles. The number of amides is 1. The van der Waals surface area contributed by atoms with Crippen LogP contribution in [0.5, 0.6) is 0 Å². The minimum atomic E-state index is -4.75. The van der Waals surface area contributed by atoms with Crippen LogP contribution in [-0.2, 0) is 4.79 Å². The molecule has 0 radical (unpaired) electrons. The Balaban J connectivity index is 2.48. The molecule has 1 atom stereocenters.